The molecule has 0 fully saturated rings. The average molecular weight is 654 g/mol. The van der Waals surface area contributed by atoms with E-state index >= 15 is 0 Å². The van der Waals surface area contributed by atoms with Crippen molar-refractivity contribution in [2.24, 2.45) is 0 Å². The summed E-state index contributed by atoms with van der Waals surface area (Å²) in [6, 6.07) is 63.4. The maximum atomic E-state index is 6.93. The first-order chi connectivity index (χ1) is 25.1. The maximum absolute atomic E-state index is 6.93. The summed E-state index contributed by atoms with van der Waals surface area (Å²) in [4.78, 5) is 2.37. The van der Waals surface area contributed by atoms with Crippen LogP contribution in [0, 0.1) is 0 Å². The zero-order valence-electron chi connectivity index (χ0n) is 28.6. The fourth-order valence-corrected chi connectivity index (χ4v) is 8.32. The van der Waals surface area contributed by atoms with Gasteiger partial charge in [-0.2, -0.15) is 0 Å². The Bertz CT molecular complexity index is 2750. The number of furan rings is 1. The molecule has 0 bridgehead atoms. The molecule has 0 spiro atoms. The summed E-state index contributed by atoms with van der Waals surface area (Å²) < 4.78 is 6.93. The standard InChI is InChI=1S/C49H35NO/c1-49(2)43-20-9-8-17-42(43)46-44(49)31-30-41-40-19-11-18-39(47(40)51-48(41)46)35-24-28-37(29-25-35)50(45-21-10-15-34-14-6-7-16-38(34)45)36-26-22-33(23-27-36)32-12-4-3-5-13-32/h3-31H,1-2H3. The number of benzene rings is 8. The number of nitrogens with zero attached hydrogens (tertiary/aromatic N) is 1. The first kappa shape index (κ1) is 29.5. The van der Waals surface area contributed by atoms with Crippen molar-refractivity contribution in [1.29, 1.82) is 0 Å². The summed E-state index contributed by atoms with van der Waals surface area (Å²) in [7, 11) is 0. The molecule has 2 heteroatoms. The van der Waals surface area contributed by atoms with Gasteiger partial charge in [0, 0.05) is 44.1 Å². The first-order valence-corrected chi connectivity index (χ1v) is 17.7. The van der Waals surface area contributed by atoms with Crippen LogP contribution in [0.1, 0.15) is 25.0 Å². The summed E-state index contributed by atoms with van der Waals surface area (Å²) >= 11 is 0. The predicted molar refractivity (Wildman–Crippen MR) is 214 cm³/mol. The maximum Gasteiger partial charge on any atom is 0.143 e. The van der Waals surface area contributed by atoms with E-state index in [9.17, 15) is 0 Å². The highest BCUT2D eigenvalue weighted by Crippen LogP contribution is 2.53. The molecule has 8 aromatic carbocycles. The molecule has 0 atom stereocenters. The van der Waals surface area contributed by atoms with Gasteiger partial charge >= 0.3 is 0 Å². The topological polar surface area (TPSA) is 16.4 Å². The van der Waals surface area contributed by atoms with Gasteiger partial charge in [-0.25, -0.2) is 0 Å². The van der Waals surface area contributed by atoms with E-state index in [-0.39, 0.29) is 5.41 Å². The zero-order chi connectivity index (χ0) is 34.1. The van der Waals surface area contributed by atoms with E-state index < -0.39 is 0 Å². The van der Waals surface area contributed by atoms with Crippen LogP contribution in [0.25, 0.3) is 66.1 Å². The van der Waals surface area contributed by atoms with E-state index in [4.69, 9.17) is 4.42 Å². The molecule has 1 heterocycles. The average Bonchev–Trinajstić information content (AvgIpc) is 3.68. The fraction of sp³-hybridized carbons (Fsp3) is 0.0612. The minimum Gasteiger partial charge on any atom is -0.455 e. The molecule has 1 aliphatic carbocycles. The van der Waals surface area contributed by atoms with Crippen LogP contribution >= 0.6 is 0 Å². The molecule has 242 valence electrons. The van der Waals surface area contributed by atoms with Crippen molar-refractivity contribution >= 4 is 49.8 Å². The summed E-state index contributed by atoms with van der Waals surface area (Å²) in [6.45, 7) is 4.64. The second kappa shape index (κ2) is 11.3. The van der Waals surface area contributed by atoms with Gasteiger partial charge in [0.1, 0.15) is 11.2 Å². The fourth-order valence-electron chi connectivity index (χ4n) is 8.32. The van der Waals surface area contributed by atoms with Gasteiger partial charge in [-0.1, -0.05) is 159 Å². The number of anilines is 3. The van der Waals surface area contributed by atoms with Crippen LogP contribution in [0.4, 0.5) is 17.1 Å². The van der Waals surface area contributed by atoms with E-state index in [1.54, 1.807) is 0 Å². The Morgan fingerprint density at radius 2 is 1.00 bits per heavy atom. The Labute approximate surface area is 297 Å². The Kier molecular flexibility index (Phi) is 6.56. The minimum absolute atomic E-state index is 0.0738. The first-order valence-electron chi connectivity index (χ1n) is 17.7. The zero-order valence-corrected chi connectivity index (χ0v) is 28.6. The molecule has 9 aromatic rings. The summed E-state index contributed by atoms with van der Waals surface area (Å²) in [5.74, 6) is 0. The van der Waals surface area contributed by atoms with Crippen LogP contribution < -0.4 is 4.90 Å². The minimum atomic E-state index is -0.0738. The van der Waals surface area contributed by atoms with Crippen molar-refractivity contribution in [3.63, 3.8) is 0 Å². The van der Waals surface area contributed by atoms with E-state index in [2.05, 4.69) is 195 Å². The summed E-state index contributed by atoms with van der Waals surface area (Å²) in [6.07, 6.45) is 0. The molecule has 0 radical (unpaired) electrons. The highest BCUT2D eigenvalue weighted by atomic mass is 16.3. The van der Waals surface area contributed by atoms with Crippen LogP contribution in [-0.2, 0) is 5.41 Å². The number of hydrogen-bond acceptors (Lipinski definition) is 2. The second-order valence-electron chi connectivity index (χ2n) is 14.1. The Morgan fingerprint density at radius 1 is 0.412 bits per heavy atom. The van der Waals surface area contributed by atoms with Gasteiger partial charge in [0.15, 0.2) is 0 Å². The van der Waals surface area contributed by atoms with Gasteiger partial charge in [-0.05, 0) is 69.1 Å². The molecule has 51 heavy (non-hydrogen) atoms. The van der Waals surface area contributed by atoms with Gasteiger partial charge in [0.2, 0.25) is 0 Å². The van der Waals surface area contributed by atoms with Gasteiger partial charge in [-0.15, -0.1) is 0 Å². The highest BCUT2D eigenvalue weighted by Gasteiger charge is 2.37. The number of rotatable bonds is 5. The highest BCUT2D eigenvalue weighted by molar-refractivity contribution is 6.14. The third-order valence-electron chi connectivity index (χ3n) is 10.9. The van der Waals surface area contributed by atoms with Gasteiger partial charge in [0.05, 0.1) is 5.69 Å². The van der Waals surface area contributed by atoms with Gasteiger partial charge in [-0.3, -0.25) is 0 Å². The molecular formula is C49H35NO. The number of hydrogen-bond donors (Lipinski definition) is 0. The quantitative estimate of drug-likeness (QED) is 0.184. The molecule has 0 saturated heterocycles. The van der Waals surface area contributed by atoms with Crippen molar-refractivity contribution in [3.05, 3.63) is 187 Å². The van der Waals surface area contributed by atoms with Crippen molar-refractivity contribution in [1.82, 2.24) is 0 Å². The predicted octanol–water partition coefficient (Wildman–Crippen LogP) is 13.8. The molecule has 1 aliphatic rings. The lowest BCUT2D eigenvalue weighted by Gasteiger charge is -2.27. The Hall–Kier alpha value is -6.38. The lowest BCUT2D eigenvalue weighted by atomic mass is 9.82. The molecule has 0 saturated carbocycles. The molecule has 0 unspecified atom stereocenters. The third-order valence-corrected chi connectivity index (χ3v) is 10.9. The van der Waals surface area contributed by atoms with Crippen LogP contribution in [0.5, 0.6) is 0 Å². The van der Waals surface area contributed by atoms with Gasteiger partial charge < -0.3 is 9.32 Å². The van der Waals surface area contributed by atoms with Crippen LogP contribution in [0.3, 0.4) is 0 Å². The third kappa shape index (κ3) is 4.57. The molecule has 2 nitrogen and oxygen atoms in total. The van der Waals surface area contributed by atoms with Gasteiger partial charge in [0.25, 0.3) is 0 Å². The monoisotopic (exact) mass is 653 g/mol. The van der Waals surface area contributed by atoms with E-state index in [0.29, 0.717) is 0 Å². The summed E-state index contributed by atoms with van der Waals surface area (Å²) in [5, 5.41) is 4.73. The second-order valence-corrected chi connectivity index (χ2v) is 14.1. The van der Waals surface area contributed by atoms with E-state index in [0.717, 1.165) is 50.1 Å². The molecule has 0 N–H and O–H groups in total. The van der Waals surface area contributed by atoms with Crippen molar-refractivity contribution in [3.8, 4) is 33.4 Å². The van der Waals surface area contributed by atoms with Crippen LogP contribution in [-0.4, -0.2) is 0 Å². The molecule has 1 aromatic heterocycles. The van der Waals surface area contributed by atoms with Crippen LogP contribution in [0.15, 0.2) is 180 Å². The van der Waals surface area contributed by atoms with Crippen LogP contribution in [0.2, 0.25) is 0 Å². The largest absolute Gasteiger partial charge is 0.455 e. The Morgan fingerprint density at radius 3 is 1.80 bits per heavy atom. The Balaban J connectivity index is 1.10. The lowest BCUT2D eigenvalue weighted by Crippen LogP contribution is -2.14. The van der Waals surface area contributed by atoms with Crippen molar-refractivity contribution in [2.75, 3.05) is 4.90 Å². The van der Waals surface area contributed by atoms with Crippen molar-refractivity contribution in [2.45, 2.75) is 19.3 Å². The smallest absolute Gasteiger partial charge is 0.143 e. The summed E-state index contributed by atoms with van der Waals surface area (Å²) in [5.41, 5.74) is 15.0. The van der Waals surface area contributed by atoms with Crippen molar-refractivity contribution < 1.29 is 4.42 Å². The van der Waals surface area contributed by atoms with E-state index in [1.807, 2.05) is 0 Å². The molecule has 0 aliphatic heterocycles. The molecular weight excluding hydrogens is 619 g/mol. The normalized spacial score (nSPS) is 13.1. The molecule has 10 rings (SSSR count). The number of para-hydroxylation sites is 1. The van der Waals surface area contributed by atoms with E-state index in [1.165, 1.54) is 44.2 Å². The molecule has 0 amide bonds. The number of fused-ring (bicyclic) bond motifs is 8. The SMILES string of the molecule is CC1(C)c2ccccc2-c2c1ccc1c2oc2c(-c3ccc(N(c4ccc(-c5ccccc5)cc4)c4cccc5ccccc45)cc3)cccc21. The lowest BCUT2D eigenvalue weighted by molar-refractivity contribution is 0.653.